The van der Waals surface area contributed by atoms with Gasteiger partial charge in [-0.3, -0.25) is 19.8 Å². The summed E-state index contributed by atoms with van der Waals surface area (Å²) in [6.07, 6.45) is 4.05. The van der Waals surface area contributed by atoms with Crippen molar-refractivity contribution in [2.24, 2.45) is 5.73 Å². The molecule has 0 aliphatic carbocycles. The molecule has 0 bridgehead atoms. The van der Waals surface area contributed by atoms with E-state index in [1.54, 1.807) is 23.9 Å². The molecule has 1 aliphatic heterocycles. The van der Waals surface area contributed by atoms with Crippen LogP contribution in [0.5, 0.6) is 0 Å². The number of piperazine rings is 1. The van der Waals surface area contributed by atoms with E-state index in [4.69, 9.17) is 5.73 Å². The van der Waals surface area contributed by atoms with Gasteiger partial charge in [0.05, 0.1) is 11.1 Å². The zero-order valence-electron chi connectivity index (χ0n) is 21.4. The summed E-state index contributed by atoms with van der Waals surface area (Å²) in [5.74, 6) is 1.82. The largest absolute Gasteiger partial charge is 0.336 e. The Labute approximate surface area is 223 Å². The zero-order chi connectivity index (χ0) is 26.2. The van der Waals surface area contributed by atoms with Gasteiger partial charge in [-0.1, -0.05) is 68.3 Å². The topological polar surface area (TPSA) is 92.7 Å². The van der Waals surface area contributed by atoms with Crippen LogP contribution in [0.2, 0.25) is 0 Å². The Morgan fingerprint density at radius 1 is 1.11 bits per heavy atom. The van der Waals surface area contributed by atoms with Crippen molar-refractivity contribution in [2.45, 2.75) is 50.6 Å². The van der Waals surface area contributed by atoms with Crippen LogP contribution in [0.4, 0.5) is 5.69 Å². The van der Waals surface area contributed by atoms with Crippen LogP contribution < -0.4 is 5.73 Å². The molecule has 3 aromatic rings. The lowest BCUT2D eigenvalue weighted by atomic mass is 10.0. The number of hydrogen-bond donors (Lipinski definition) is 1. The summed E-state index contributed by atoms with van der Waals surface area (Å²) in [5, 5.41) is 12.9. The molecule has 3 aromatic carbocycles. The van der Waals surface area contributed by atoms with Crippen LogP contribution >= 0.6 is 11.8 Å². The van der Waals surface area contributed by atoms with Gasteiger partial charge in [-0.25, -0.2) is 0 Å². The van der Waals surface area contributed by atoms with Gasteiger partial charge >= 0.3 is 0 Å². The molecule has 8 heteroatoms. The van der Waals surface area contributed by atoms with Crippen molar-refractivity contribution < 1.29 is 9.72 Å². The highest BCUT2D eigenvalue weighted by atomic mass is 32.2. The van der Waals surface area contributed by atoms with E-state index in [0.29, 0.717) is 13.1 Å². The fourth-order valence-corrected chi connectivity index (χ4v) is 6.02. The van der Waals surface area contributed by atoms with Gasteiger partial charge in [-0.15, -0.1) is 0 Å². The van der Waals surface area contributed by atoms with Gasteiger partial charge in [-0.05, 0) is 41.0 Å². The highest BCUT2D eigenvalue weighted by Gasteiger charge is 2.32. The van der Waals surface area contributed by atoms with Gasteiger partial charge in [0.15, 0.2) is 0 Å². The van der Waals surface area contributed by atoms with Gasteiger partial charge in [-0.2, -0.15) is 11.8 Å². The molecule has 0 saturated carbocycles. The first-order valence-electron chi connectivity index (χ1n) is 13.1. The molecule has 2 atom stereocenters. The number of hydrogen-bond acceptors (Lipinski definition) is 6. The number of amides is 1. The third-order valence-corrected chi connectivity index (χ3v) is 8.19. The van der Waals surface area contributed by atoms with Crippen LogP contribution in [0.25, 0.3) is 10.8 Å². The standard InChI is InChI=1S/C29H36N4O3S/c1-2-3-9-25-20-31(29(34)27-11-6-8-23-7-4-5-10-26(23)27)17-18-32(25)28(30)16-19-37-21-22-12-14-24(15-13-22)33(35)36/h4-8,10-15,25,28H,2-3,9,16-21,30H2,1H3. The van der Waals surface area contributed by atoms with Gasteiger partial charge in [0.25, 0.3) is 11.6 Å². The fourth-order valence-electron chi connectivity index (χ4n) is 5.04. The first-order valence-corrected chi connectivity index (χ1v) is 14.2. The second-order valence-electron chi connectivity index (χ2n) is 9.64. The smallest absolute Gasteiger partial charge is 0.269 e. The molecular formula is C29H36N4O3S. The van der Waals surface area contributed by atoms with Crippen molar-refractivity contribution in [3.05, 3.63) is 88.0 Å². The summed E-state index contributed by atoms with van der Waals surface area (Å²) in [6.45, 7) is 4.35. The molecule has 37 heavy (non-hydrogen) atoms. The Hall–Kier alpha value is -2.94. The summed E-state index contributed by atoms with van der Waals surface area (Å²) >= 11 is 1.79. The molecule has 1 aliphatic rings. The number of carbonyl (C=O) groups excluding carboxylic acids is 1. The maximum Gasteiger partial charge on any atom is 0.269 e. The summed E-state index contributed by atoms with van der Waals surface area (Å²) in [7, 11) is 0. The number of non-ortho nitro benzene ring substituents is 1. The second-order valence-corrected chi connectivity index (χ2v) is 10.7. The van der Waals surface area contributed by atoms with Crippen molar-refractivity contribution in [2.75, 3.05) is 25.4 Å². The summed E-state index contributed by atoms with van der Waals surface area (Å²) in [4.78, 5) is 28.4. The van der Waals surface area contributed by atoms with Crippen LogP contribution in [0, 0.1) is 10.1 Å². The summed E-state index contributed by atoms with van der Waals surface area (Å²) in [5.41, 5.74) is 8.65. The monoisotopic (exact) mass is 520 g/mol. The average Bonchev–Trinajstić information content (AvgIpc) is 2.93. The third kappa shape index (κ3) is 6.89. The van der Waals surface area contributed by atoms with E-state index in [1.165, 1.54) is 0 Å². The van der Waals surface area contributed by atoms with E-state index in [0.717, 1.165) is 65.6 Å². The van der Waals surface area contributed by atoms with Crippen molar-refractivity contribution >= 4 is 34.1 Å². The minimum absolute atomic E-state index is 0.0546. The Morgan fingerprint density at radius 3 is 2.62 bits per heavy atom. The fraction of sp³-hybridized carbons (Fsp3) is 0.414. The molecule has 2 unspecified atom stereocenters. The highest BCUT2D eigenvalue weighted by Crippen LogP contribution is 2.25. The van der Waals surface area contributed by atoms with E-state index in [9.17, 15) is 14.9 Å². The van der Waals surface area contributed by atoms with Crippen molar-refractivity contribution in [1.29, 1.82) is 0 Å². The molecule has 0 spiro atoms. The SMILES string of the molecule is CCCCC1CN(C(=O)c2cccc3ccccc23)CCN1C(N)CCSCc1ccc([N+](=O)[O-])cc1. The van der Waals surface area contributed by atoms with Crippen molar-refractivity contribution in [1.82, 2.24) is 9.80 Å². The number of thioether (sulfide) groups is 1. The van der Waals surface area contributed by atoms with Gasteiger partial charge < -0.3 is 10.6 Å². The van der Waals surface area contributed by atoms with E-state index in [1.807, 2.05) is 59.5 Å². The first-order chi connectivity index (χ1) is 18.0. The average molecular weight is 521 g/mol. The predicted octanol–water partition coefficient (Wildman–Crippen LogP) is 5.67. The minimum atomic E-state index is -0.375. The second kappa shape index (κ2) is 13.0. The van der Waals surface area contributed by atoms with Gasteiger partial charge in [0.1, 0.15) is 0 Å². The van der Waals surface area contributed by atoms with Crippen molar-refractivity contribution in [3.63, 3.8) is 0 Å². The predicted molar refractivity (Wildman–Crippen MR) is 152 cm³/mol. The number of rotatable bonds is 11. The Bertz CT molecular complexity index is 1200. The minimum Gasteiger partial charge on any atom is -0.336 e. The molecule has 1 amide bonds. The lowest BCUT2D eigenvalue weighted by molar-refractivity contribution is -0.384. The molecule has 0 aromatic heterocycles. The number of benzene rings is 3. The number of carbonyl (C=O) groups is 1. The molecule has 1 fully saturated rings. The lowest BCUT2D eigenvalue weighted by Crippen LogP contribution is -2.60. The van der Waals surface area contributed by atoms with Gasteiger partial charge in [0.2, 0.25) is 0 Å². The number of fused-ring (bicyclic) bond motifs is 1. The van der Waals surface area contributed by atoms with E-state index in [-0.39, 0.29) is 28.7 Å². The van der Waals surface area contributed by atoms with Crippen LogP contribution in [-0.2, 0) is 5.75 Å². The first kappa shape index (κ1) is 27.1. The number of nitrogens with zero attached hydrogens (tertiary/aromatic N) is 3. The summed E-state index contributed by atoms with van der Waals surface area (Å²) in [6, 6.07) is 21.0. The quantitative estimate of drug-likeness (QED) is 0.199. The Morgan fingerprint density at radius 2 is 1.86 bits per heavy atom. The molecule has 196 valence electrons. The normalized spacial score (nSPS) is 17.1. The highest BCUT2D eigenvalue weighted by molar-refractivity contribution is 7.98. The van der Waals surface area contributed by atoms with E-state index >= 15 is 0 Å². The Kier molecular flexibility index (Phi) is 9.55. The molecule has 0 radical (unpaired) electrons. The van der Waals surface area contributed by atoms with Crippen LogP contribution in [-0.4, -0.2) is 58.2 Å². The maximum absolute atomic E-state index is 13.5. The third-order valence-electron chi connectivity index (χ3n) is 7.13. The molecule has 4 rings (SSSR count). The van der Waals surface area contributed by atoms with Crippen molar-refractivity contribution in [3.8, 4) is 0 Å². The molecule has 7 nitrogen and oxygen atoms in total. The lowest BCUT2D eigenvalue weighted by Gasteiger charge is -2.44. The zero-order valence-corrected chi connectivity index (χ0v) is 22.2. The summed E-state index contributed by atoms with van der Waals surface area (Å²) < 4.78 is 0. The van der Waals surface area contributed by atoms with Crippen LogP contribution in [0.3, 0.4) is 0 Å². The molecule has 2 N–H and O–H groups in total. The maximum atomic E-state index is 13.5. The molecule has 1 heterocycles. The number of nitro benzene ring substituents is 1. The number of unbranched alkanes of at least 4 members (excludes halogenated alkanes) is 1. The number of nitro groups is 1. The Balaban J connectivity index is 1.33. The molecular weight excluding hydrogens is 484 g/mol. The van der Waals surface area contributed by atoms with Crippen LogP contribution in [0.15, 0.2) is 66.7 Å². The van der Waals surface area contributed by atoms with Gasteiger partial charge in [0, 0.05) is 49.1 Å². The van der Waals surface area contributed by atoms with Crippen LogP contribution in [0.1, 0.15) is 48.5 Å². The van der Waals surface area contributed by atoms with E-state index < -0.39 is 0 Å². The molecule has 1 saturated heterocycles. The number of nitrogens with two attached hydrogens (primary N) is 1. The van der Waals surface area contributed by atoms with E-state index in [2.05, 4.69) is 11.8 Å².